The molecule has 34 heavy (non-hydrogen) atoms. The highest BCUT2D eigenvalue weighted by atomic mass is 16.6. The van der Waals surface area contributed by atoms with Gasteiger partial charge in [0.1, 0.15) is 23.2 Å². The van der Waals surface area contributed by atoms with E-state index in [0.717, 1.165) is 19.3 Å². The number of nitriles is 1. The van der Waals surface area contributed by atoms with Crippen LogP contribution in [0.15, 0.2) is 66.7 Å². The van der Waals surface area contributed by atoms with Gasteiger partial charge in [-0.15, -0.1) is 0 Å². The Morgan fingerprint density at radius 2 is 1.76 bits per heavy atom. The first-order chi connectivity index (χ1) is 16.2. The molecular weight excluding hydrogens is 430 g/mol. The number of hydrogen-bond acceptors (Lipinski definition) is 6. The van der Waals surface area contributed by atoms with Crippen LogP contribution < -0.4 is 4.74 Å². The van der Waals surface area contributed by atoms with Crippen LogP contribution in [0.25, 0.3) is 0 Å². The third-order valence-corrected chi connectivity index (χ3v) is 6.85. The van der Waals surface area contributed by atoms with Gasteiger partial charge >= 0.3 is 11.9 Å². The topological polar surface area (TPSA) is 85.6 Å². The molecule has 4 rings (SSSR count). The summed E-state index contributed by atoms with van der Waals surface area (Å²) in [6.07, 6.45) is 4.91. The van der Waals surface area contributed by atoms with Crippen LogP contribution in [0.5, 0.6) is 11.5 Å². The quantitative estimate of drug-likeness (QED) is 0.361. The van der Waals surface area contributed by atoms with E-state index in [0.29, 0.717) is 17.1 Å². The Morgan fingerprint density at radius 1 is 1.06 bits per heavy atom. The summed E-state index contributed by atoms with van der Waals surface area (Å²) < 4.78 is 16.9. The SMILES string of the molecule is CC1(OC(=O)C=C[C@H]2[C@@H](C(=O)O[C@H](C#N)c3cccc(Oc4ccccc4)c3)C2(C)C)CCC1. The van der Waals surface area contributed by atoms with Gasteiger partial charge in [0.25, 0.3) is 0 Å². The lowest BCUT2D eigenvalue weighted by Crippen LogP contribution is -2.38. The number of nitrogens with zero attached hydrogens (tertiary/aromatic N) is 1. The number of carbonyl (C=O) groups is 2. The number of esters is 2. The summed E-state index contributed by atoms with van der Waals surface area (Å²) in [4.78, 5) is 25.1. The average molecular weight is 460 g/mol. The van der Waals surface area contributed by atoms with Gasteiger partial charge in [0.05, 0.1) is 5.92 Å². The Bertz CT molecular complexity index is 1130. The maximum atomic E-state index is 12.9. The first kappa shape index (κ1) is 23.6. The molecule has 0 spiro atoms. The number of rotatable bonds is 8. The van der Waals surface area contributed by atoms with E-state index in [4.69, 9.17) is 14.2 Å². The highest BCUT2D eigenvalue weighted by Crippen LogP contribution is 2.59. The fraction of sp³-hybridized carbons (Fsp3) is 0.393. The lowest BCUT2D eigenvalue weighted by molar-refractivity contribution is -0.160. The van der Waals surface area contributed by atoms with E-state index in [1.54, 1.807) is 30.3 Å². The van der Waals surface area contributed by atoms with E-state index in [-0.39, 0.29) is 22.9 Å². The first-order valence-electron chi connectivity index (χ1n) is 11.6. The van der Waals surface area contributed by atoms with Crippen LogP contribution >= 0.6 is 0 Å². The third kappa shape index (κ3) is 5.14. The second kappa shape index (κ2) is 9.34. The lowest BCUT2D eigenvalue weighted by atomic mass is 9.82. The Labute approximate surface area is 200 Å². The van der Waals surface area contributed by atoms with Crippen molar-refractivity contribution in [3.63, 3.8) is 0 Å². The molecule has 0 radical (unpaired) electrons. The number of allylic oxidation sites excluding steroid dienone is 1. The van der Waals surface area contributed by atoms with Crippen LogP contribution in [0.4, 0.5) is 0 Å². The van der Waals surface area contributed by atoms with Crippen LogP contribution in [0.2, 0.25) is 0 Å². The monoisotopic (exact) mass is 459 g/mol. The minimum absolute atomic E-state index is 0.158. The van der Waals surface area contributed by atoms with E-state index in [1.165, 1.54) is 6.08 Å². The van der Waals surface area contributed by atoms with Crippen molar-refractivity contribution in [3.8, 4) is 17.6 Å². The first-order valence-corrected chi connectivity index (χ1v) is 11.6. The highest BCUT2D eigenvalue weighted by molar-refractivity contribution is 5.84. The molecule has 0 saturated heterocycles. The molecule has 2 fully saturated rings. The third-order valence-electron chi connectivity index (χ3n) is 6.85. The normalized spacial score (nSPS) is 22.6. The second-order valence-corrected chi connectivity index (χ2v) is 9.84. The van der Waals surface area contributed by atoms with Crippen LogP contribution in [0.1, 0.15) is 51.7 Å². The number of benzene rings is 2. The van der Waals surface area contributed by atoms with E-state index < -0.39 is 18.0 Å². The van der Waals surface area contributed by atoms with E-state index in [9.17, 15) is 14.9 Å². The van der Waals surface area contributed by atoms with Crippen molar-refractivity contribution in [1.29, 1.82) is 5.26 Å². The van der Waals surface area contributed by atoms with E-state index >= 15 is 0 Å². The van der Waals surface area contributed by atoms with Gasteiger partial charge in [0.15, 0.2) is 0 Å². The van der Waals surface area contributed by atoms with Crippen LogP contribution in [-0.4, -0.2) is 17.5 Å². The van der Waals surface area contributed by atoms with Crippen molar-refractivity contribution in [3.05, 3.63) is 72.3 Å². The van der Waals surface area contributed by atoms with Gasteiger partial charge in [-0.05, 0) is 61.8 Å². The van der Waals surface area contributed by atoms with Crippen LogP contribution in [0.3, 0.4) is 0 Å². The largest absolute Gasteiger partial charge is 0.457 e. The number of ether oxygens (including phenoxy) is 3. The second-order valence-electron chi connectivity index (χ2n) is 9.84. The van der Waals surface area contributed by atoms with Crippen LogP contribution in [0, 0.1) is 28.6 Å². The summed E-state index contributed by atoms with van der Waals surface area (Å²) in [5.74, 6) is -0.220. The molecule has 176 valence electrons. The molecule has 0 amide bonds. The van der Waals surface area contributed by atoms with Gasteiger partial charge in [-0.3, -0.25) is 4.79 Å². The Kier molecular flexibility index (Phi) is 6.47. The molecule has 2 aromatic carbocycles. The summed E-state index contributed by atoms with van der Waals surface area (Å²) in [5.41, 5.74) is -0.198. The summed E-state index contributed by atoms with van der Waals surface area (Å²) in [6, 6.07) is 18.3. The van der Waals surface area contributed by atoms with Crippen molar-refractivity contribution in [2.24, 2.45) is 17.3 Å². The molecule has 6 nitrogen and oxygen atoms in total. The zero-order chi connectivity index (χ0) is 24.3. The molecule has 2 aliphatic carbocycles. The molecule has 0 aromatic heterocycles. The van der Waals surface area contributed by atoms with Crippen LogP contribution in [-0.2, 0) is 19.1 Å². The minimum atomic E-state index is -1.06. The molecule has 0 N–H and O–H groups in total. The summed E-state index contributed by atoms with van der Waals surface area (Å²) in [6.45, 7) is 5.83. The predicted octanol–water partition coefficient (Wildman–Crippen LogP) is 5.90. The van der Waals surface area contributed by atoms with Gasteiger partial charge < -0.3 is 14.2 Å². The van der Waals surface area contributed by atoms with Crippen molar-refractivity contribution in [2.45, 2.75) is 51.7 Å². The maximum absolute atomic E-state index is 12.9. The van der Waals surface area contributed by atoms with Gasteiger partial charge in [0.2, 0.25) is 6.10 Å². The zero-order valence-electron chi connectivity index (χ0n) is 19.7. The molecule has 0 unspecified atom stereocenters. The van der Waals surface area contributed by atoms with E-state index in [2.05, 4.69) is 6.07 Å². The predicted molar refractivity (Wildman–Crippen MR) is 126 cm³/mol. The van der Waals surface area contributed by atoms with Crippen molar-refractivity contribution >= 4 is 11.9 Å². The molecule has 0 bridgehead atoms. The Morgan fingerprint density at radius 3 is 2.41 bits per heavy atom. The van der Waals surface area contributed by atoms with Crippen molar-refractivity contribution in [2.75, 3.05) is 0 Å². The fourth-order valence-electron chi connectivity index (χ4n) is 4.45. The minimum Gasteiger partial charge on any atom is -0.457 e. The Balaban J connectivity index is 1.38. The van der Waals surface area contributed by atoms with Gasteiger partial charge in [-0.25, -0.2) is 4.79 Å². The van der Waals surface area contributed by atoms with Gasteiger partial charge in [-0.2, -0.15) is 5.26 Å². The summed E-state index contributed by atoms with van der Waals surface area (Å²) in [5, 5.41) is 9.68. The summed E-state index contributed by atoms with van der Waals surface area (Å²) >= 11 is 0. The van der Waals surface area contributed by atoms with Crippen molar-refractivity contribution < 1.29 is 23.8 Å². The molecule has 0 aliphatic heterocycles. The molecule has 3 atom stereocenters. The van der Waals surface area contributed by atoms with Gasteiger partial charge in [0, 0.05) is 11.6 Å². The maximum Gasteiger partial charge on any atom is 0.330 e. The molecule has 2 aromatic rings. The Hall–Kier alpha value is -3.59. The molecular formula is C28H29NO5. The van der Waals surface area contributed by atoms with E-state index in [1.807, 2.05) is 51.1 Å². The molecule has 2 saturated carbocycles. The van der Waals surface area contributed by atoms with Crippen molar-refractivity contribution in [1.82, 2.24) is 0 Å². The molecule has 6 heteroatoms. The highest BCUT2D eigenvalue weighted by Gasteiger charge is 2.61. The summed E-state index contributed by atoms with van der Waals surface area (Å²) in [7, 11) is 0. The lowest BCUT2D eigenvalue weighted by Gasteiger charge is -2.37. The average Bonchev–Trinajstić information content (AvgIpc) is 3.36. The van der Waals surface area contributed by atoms with Gasteiger partial charge in [-0.1, -0.05) is 50.3 Å². The zero-order valence-corrected chi connectivity index (χ0v) is 19.7. The standard InChI is InChI=1S/C28H29NO5/c1-27(2)22(13-14-24(30)34-28(3)15-8-16-28)25(27)26(31)33-23(18-29)19-9-7-12-21(17-19)32-20-10-5-4-6-11-20/h4-7,9-14,17,22-23,25H,8,15-16H2,1-3H3/t22-,23+,25-/m0/s1. The number of carbonyl (C=O) groups excluding carboxylic acids is 2. The molecule has 2 aliphatic rings. The fourth-order valence-corrected chi connectivity index (χ4v) is 4.45. The smallest absolute Gasteiger partial charge is 0.330 e. The number of para-hydroxylation sites is 1. The molecule has 0 heterocycles. The number of hydrogen-bond donors (Lipinski definition) is 0.